The lowest BCUT2D eigenvalue weighted by Gasteiger charge is -2.27. The predicted molar refractivity (Wildman–Crippen MR) is 91.5 cm³/mol. The molecule has 1 aliphatic rings. The van der Waals surface area contributed by atoms with Crippen molar-refractivity contribution in [3.63, 3.8) is 0 Å². The van der Waals surface area contributed by atoms with Crippen LogP contribution in [0.1, 0.15) is 40.7 Å². The molecule has 1 fully saturated rings. The van der Waals surface area contributed by atoms with Gasteiger partial charge in [-0.1, -0.05) is 24.3 Å². The van der Waals surface area contributed by atoms with Crippen molar-refractivity contribution in [1.82, 2.24) is 5.32 Å². The van der Waals surface area contributed by atoms with E-state index in [-0.39, 0.29) is 5.91 Å². The molecule has 2 aromatic carbocycles. The minimum atomic E-state index is -0.117. The molecule has 1 amide bonds. The Morgan fingerprint density at radius 1 is 1.26 bits per heavy atom. The maximum atomic E-state index is 12.4. The number of nitrogen functional groups attached to an aromatic ring is 1. The summed E-state index contributed by atoms with van der Waals surface area (Å²) in [6, 6.07) is 13.2. The van der Waals surface area contributed by atoms with Gasteiger partial charge in [0.15, 0.2) is 0 Å². The highest BCUT2D eigenvalue weighted by Gasteiger charge is 2.20. The highest BCUT2D eigenvalue weighted by atomic mass is 16.5. The molecule has 3 N–H and O–H groups in total. The Balaban J connectivity index is 1.68. The van der Waals surface area contributed by atoms with E-state index in [9.17, 15) is 4.79 Å². The minimum absolute atomic E-state index is 0.117. The van der Waals surface area contributed by atoms with Crippen molar-refractivity contribution >= 4 is 11.6 Å². The lowest BCUT2D eigenvalue weighted by Crippen LogP contribution is -2.27. The molecule has 0 spiro atoms. The molecular formula is C19H22N2O2. The van der Waals surface area contributed by atoms with E-state index in [1.54, 1.807) is 12.1 Å². The molecule has 0 saturated heterocycles. The van der Waals surface area contributed by atoms with E-state index in [2.05, 4.69) is 5.32 Å². The van der Waals surface area contributed by atoms with Gasteiger partial charge in [-0.2, -0.15) is 0 Å². The fourth-order valence-electron chi connectivity index (χ4n) is 2.59. The van der Waals surface area contributed by atoms with Crippen LogP contribution in [0.2, 0.25) is 0 Å². The van der Waals surface area contributed by atoms with E-state index in [0.717, 1.165) is 29.7 Å². The van der Waals surface area contributed by atoms with Crippen LogP contribution in [0, 0.1) is 6.92 Å². The van der Waals surface area contributed by atoms with Crippen LogP contribution in [-0.2, 0) is 6.54 Å². The second-order valence-electron chi connectivity index (χ2n) is 6.04. The first-order valence-electron chi connectivity index (χ1n) is 8.02. The van der Waals surface area contributed by atoms with E-state index in [1.807, 2.05) is 37.3 Å². The molecular weight excluding hydrogens is 288 g/mol. The zero-order chi connectivity index (χ0) is 16.2. The summed E-state index contributed by atoms with van der Waals surface area (Å²) in [5.74, 6) is 0.745. The largest absolute Gasteiger partial charge is 0.490 e. The number of hydrogen-bond acceptors (Lipinski definition) is 3. The summed E-state index contributed by atoms with van der Waals surface area (Å²) in [4.78, 5) is 12.4. The monoisotopic (exact) mass is 310 g/mol. The summed E-state index contributed by atoms with van der Waals surface area (Å²) in [7, 11) is 0. The Bertz CT molecular complexity index is 708. The molecule has 0 unspecified atom stereocenters. The Morgan fingerprint density at radius 3 is 2.78 bits per heavy atom. The zero-order valence-electron chi connectivity index (χ0n) is 13.3. The van der Waals surface area contributed by atoms with Crippen molar-refractivity contribution in [3.05, 3.63) is 59.2 Å². The van der Waals surface area contributed by atoms with Crippen LogP contribution in [0.3, 0.4) is 0 Å². The molecule has 1 saturated carbocycles. The third-order valence-electron chi connectivity index (χ3n) is 4.26. The molecule has 0 radical (unpaired) electrons. The average molecular weight is 310 g/mol. The normalized spacial score (nSPS) is 14.1. The molecule has 1 aliphatic carbocycles. The number of hydrogen-bond donors (Lipinski definition) is 2. The third kappa shape index (κ3) is 3.65. The first-order chi connectivity index (χ1) is 11.1. The minimum Gasteiger partial charge on any atom is -0.490 e. The highest BCUT2D eigenvalue weighted by Crippen LogP contribution is 2.27. The van der Waals surface area contributed by atoms with Gasteiger partial charge in [-0.15, -0.1) is 0 Å². The summed E-state index contributed by atoms with van der Waals surface area (Å²) < 4.78 is 5.99. The molecule has 0 bridgehead atoms. The quantitative estimate of drug-likeness (QED) is 0.832. The summed E-state index contributed by atoms with van der Waals surface area (Å²) in [6.45, 7) is 2.35. The van der Waals surface area contributed by atoms with Crippen molar-refractivity contribution in [3.8, 4) is 5.75 Å². The summed E-state index contributed by atoms with van der Waals surface area (Å²) in [5.41, 5.74) is 8.89. The SMILES string of the molecule is Cc1ccc(N)cc1C(=O)NCc1ccccc1OC1CCC1. The molecule has 120 valence electrons. The van der Waals surface area contributed by atoms with Crippen LogP contribution in [-0.4, -0.2) is 12.0 Å². The van der Waals surface area contributed by atoms with Crippen LogP contribution in [0.15, 0.2) is 42.5 Å². The van der Waals surface area contributed by atoms with Crippen LogP contribution in [0.4, 0.5) is 5.69 Å². The zero-order valence-corrected chi connectivity index (χ0v) is 13.3. The number of nitrogens with two attached hydrogens (primary N) is 1. The van der Waals surface area contributed by atoms with Gasteiger partial charge in [0.05, 0.1) is 6.10 Å². The standard InChI is InChI=1S/C19H22N2O2/c1-13-9-10-15(20)11-17(13)19(22)21-12-14-5-2-3-8-18(14)23-16-6-4-7-16/h2-3,5,8-11,16H,4,6-7,12,20H2,1H3,(H,21,22). The van der Waals surface area contributed by atoms with Gasteiger partial charge in [-0.3, -0.25) is 4.79 Å². The van der Waals surface area contributed by atoms with Crippen molar-refractivity contribution in [1.29, 1.82) is 0 Å². The van der Waals surface area contributed by atoms with Gasteiger partial charge in [-0.05, 0) is 49.9 Å². The van der Waals surface area contributed by atoms with E-state index >= 15 is 0 Å². The number of rotatable bonds is 5. The van der Waals surface area contributed by atoms with E-state index < -0.39 is 0 Å². The number of amides is 1. The van der Waals surface area contributed by atoms with Gasteiger partial charge >= 0.3 is 0 Å². The fourth-order valence-corrected chi connectivity index (χ4v) is 2.59. The van der Waals surface area contributed by atoms with Gasteiger partial charge in [0.1, 0.15) is 5.75 Å². The number of aryl methyl sites for hydroxylation is 1. The van der Waals surface area contributed by atoms with Gasteiger partial charge in [0.25, 0.3) is 5.91 Å². The Labute approximate surface area is 136 Å². The first-order valence-corrected chi connectivity index (χ1v) is 8.02. The first kappa shape index (κ1) is 15.4. The second kappa shape index (κ2) is 6.73. The van der Waals surface area contributed by atoms with Crippen molar-refractivity contribution < 1.29 is 9.53 Å². The molecule has 2 aromatic rings. The molecule has 3 rings (SSSR count). The van der Waals surface area contributed by atoms with Gasteiger partial charge in [-0.25, -0.2) is 0 Å². The fraction of sp³-hybridized carbons (Fsp3) is 0.316. The number of anilines is 1. The Kier molecular flexibility index (Phi) is 4.51. The Hall–Kier alpha value is -2.49. The topological polar surface area (TPSA) is 64.4 Å². The lowest BCUT2D eigenvalue weighted by atomic mass is 9.96. The van der Waals surface area contributed by atoms with Gasteiger partial charge < -0.3 is 15.8 Å². The molecule has 0 atom stereocenters. The van der Waals surface area contributed by atoms with Crippen molar-refractivity contribution in [2.75, 3.05) is 5.73 Å². The summed E-state index contributed by atoms with van der Waals surface area (Å²) in [6.07, 6.45) is 3.79. The number of benzene rings is 2. The van der Waals surface area contributed by atoms with Gasteiger partial charge in [0, 0.05) is 23.4 Å². The van der Waals surface area contributed by atoms with Crippen molar-refractivity contribution in [2.24, 2.45) is 0 Å². The lowest BCUT2D eigenvalue weighted by molar-refractivity contribution is 0.0948. The predicted octanol–water partition coefficient (Wildman–Crippen LogP) is 3.44. The number of nitrogens with one attached hydrogen (secondary N) is 1. The van der Waals surface area contributed by atoms with Gasteiger partial charge in [0.2, 0.25) is 0 Å². The van der Waals surface area contributed by atoms with Crippen LogP contribution < -0.4 is 15.8 Å². The van der Waals surface area contributed by atoms with E-state index in [0.29, 0.717) is 23.9 Å². The number of carbonyl (C=O) groups is 1. The smallest absolute Gasteiger partial charge is 0.251 e. The van der Waals surface area contributed by atoms with Crippen molar-refractivity contribution in [2.45, 2.75) is 38.8 Å². The number of carbonyl (C=O) groups excluding carboxylic acids is 1. The van der Waals surface area contributed by atoms with Crippen LogP contribution in [0.5, 0.6) is 5.75 Å². The highest BCUT2D eigenvalue weighted by molar-refractivity contribution is 5.96. The molecule has 0 aliphatic heterocycles. The van der Waals surface area contributed by atoms with Crippen LogP contribution >= 0.6 is 0 Å². The number of para-hydroxylation sites is 1. The average Bonchev–Trinajstić information content (AvgIpc) is 2.51. The maximum Gasteiger partial charge on any atom is 0.251 e. The number of ether oxygens (including phenoxy) is 1. The van der Waals surface area contributed by atoms with E-state index in [1.165, 1.54) is 6.42 Å². The molecule has 4 nitrogen and oxygen atoms in total. The molecule has 0 heterocycles. The van der Waals surface area contributed by atoms with E-state index in [4.69, 9.17) is 10.5 Å². The Morgan fingerprint density at radius 2 is 2.04 bits per heavy atom. The van der Waals surface area contributed by atoms with Crippen LogP contribution in [0.25, 0.3) is 0 Å². The second-order valence-corrected chi connectivity index (χ2v) is 6.04. The molecule has 23 heavy (non-hydrogen) atoms. The maximum absolute atomic E-state index is 12.4. The molecule has 4 heteroatoms. The molecule has 0 aromatic heterocycles. The summed E-state index contributed by atoms with van der Waals surface area (Å²) >= 11 is 0. The summed E-state index contributed by atoms with van der Waals surface area (Å²) in [5, 5.41) is 2.96. The third-order valence-corrected chi connectivity index (χ3v) is 4.26.